The van der Waals surface area contributed by atoms with Crippen molar-refractivity contribution >= 4 is 5.82 Å². The van der Waals surface area contributed by atoms with Gasteiger partial charge in [0.2, 0.25) is 0 Å². The molecule has 2 aromatic rings. The molecule has 22 heavy (non-hydrogen) atoms. The third kappa shape index (κ3) is 3.85. The van der Waals surface area contributed by atoms with Crippen LogP contribution in [0.2, 0.25) is 0 Å². The molecule has 1 aromatic heterocycles. The third-order valence-electron chi connectivity index (χ3n) is 4.59. The van der Waals surface area contributed by atoms with Gasteiger partial charge in [0.25, 0.3) is 0 Å². The predicted molar refractivity (Wildman–Crippen MR) is 91.1 cm³/mol. The number of piperidine rings is 1. The van der Waals surface area contributed by atoms with Crippen molar-refractivity contribution in [3.8, 4) is 0 Å². The van der Waals surface area contributed by atoms with Gasteiger partial charge in [-0.05, 0) is 50.5 Å². The molecule has 1 aliphatic rings. The summed E-state index contributed by atoms with van der Waals surface area (Å²) in [6.45, 7) is 4.31. The zero-order valence-corrected chi connectivity index (χ0v) is 13.4. The molecule has 0 spiro atoms. The van der Waals surface area contributed by atoms with Gasteiger partial charge in [-0.25, -0.2) is 4.98 Å². The number of aromatic nitrogens is 2. The van der Waals surface area contributed by atoms with Crippen molar-refractivity contribution in [1.29, 1.82) is 0 Å². The van der Waals surface area contributed by atoms with Gasteiger partial charge < -0.3 is 4.90 Å². The zero-order valence-electron chi connectivity index (χ0n) is 13.4. The number of benzene rings is 1. The van der Waals surface area contributed by atoms with E-state index in [4.69, 9.17) is 0 Å². The van der Waals surface area contributed by atoms with Crippen molar-refractivity contribution in [1.82, 2.24) is 9.97 Å². The number of rotatable bonds is 5. The van der Waals surface area contributed by atoms with E-state index in [-0.39, 0.29) is 0 Å². The van der Waals surface area contributed by atoms with Crippen LogP contribution in [0.3, 0.4) is 0 Å². The first-order valence-corrected chi connectivity index (χ1v) is 8.39. The molecule has 3 nitrogen and oxygen atoms in total. The smallest absolute Gasteiger partial charge is 0.150 e. The van der Waals surface area contributed by atoms with Gasteiger partial charge in [-0.3, -0.25) is 4.98 Å². The van der Waals surface area contributed by atoms with Gasteiger partial charge in [0, 0.05) is 25.5 Å². The first-order chi connectivity index (χ1) is 10.8. The maximum atomic E-state index is 4.53. The van der Waals surface area contributed by atoms with Crippen LogP contribution in [0.25, 0.3) is 0 Å². The molecule has 1 fully saturated rings. The first-order valence-electron chi connectivity index (χ1n) is 8.39. The molecule has 1 unspecified atom stereocenters. The van der Waals surface area contributed by atoms with E-state index in [1.165, 1.54) is 37.7 Å². The maximum Gasteiger partial charge on any atom is 0.150 e. The molecule has 1 saturated heterocycles. The summed E-state index contributed by atoms with van der Waals surface area (Å²) in [5, 5.41) is 0. The molecule has 0 aliphatic carbocycles. The van der Waals surface area contributed by atoms with E-state index in [0.717, 1.165) is 30.5 Å². The summed E-state index contributed by atoms with van der Waals surface area (Å²) in [6.07, 6.45) is 9.99. The Labute approximate surface area is 133 Å². The molecule has 1 aliphatic heterocycles. The minimum atomic E-state index is 0.791. The number of hydrogen-bond donors (Lipinski definition) is 0. The number of hydrogen-bond acceptors (Lipinski definition) is 3. The molecule has 2 heterocycles. The Morgan fingerprint density at radius 2 is 1.95 bits per heavy atom. The van der Waals surface area contributed by atoms with Gasteiger partial charge in [-0.15, -0.1) is 0 Å². The molecular formula is C19H25N3. The van der Waals surface area contributed by atoms with E-state index >= 15 is 0 Å². The van der Waals surface area contributed by atoms with Crippen molar-refractivity contribution in [2.45, 2.75) is 39.0 Å². The molecule has 0 radical (unpaired) electrons. The second-order valence-electron chi connectivity index (χ2n) is 6.30. The maximum absolute atomic E-state index is 4.53. The second kappa shape index (κ2) is 7.39. The first kappa shape index (κ1) is 15.0. The van der Waals surface area contributed by atoms with Crippen LogP contribution in [0.5, 0.6) is 0 Å². The largest absolute Gasteiger partial charge is 0.355 e. The van der Waals surface area contributed by atoms with Crippen LogP contribution in [0.4, 0.5) is 5.82 Å². The van der Waals surface area contributed by atoms with Gasteiger partial charge in [-0.2, -0.15) is 0 Å². The highest BCUT2D eigenvalue weighted by atomic mass is 15.2. The Kier molecular flexibility index (Phi) is 5.04. The lowest BCUT2D eigenvalue weighted by Gasteiger charge is -2.34. The highest BCUT2D eigenvalue weighted by Crippen LogP contribution is 2.26. The molecule has 0 saturated carbocycles. The summed E-state index contributed by atoms with van der Waals surface area (Å²) in [6, 6.07) is 10.8. The minimum Gasteiger partial charge on any atom is -0.355 e. The quantitative estimate of drug-likeness (QED) is 0.834. The SMILES string of the molecule is Cc1nccnc1N1CCCC(CCCc2ccccc2)C1. The fraction of sp³-hybridized carbons (Fsp3) is 0.474. The van der Waals surface area contributed by atoms with E-state index in [1.54, 1.807) is 12.4 Å². The summed E-state index contributed by atoms with van der Waals surface area (Å²) in [5.41, 5.74) is 2.51. The molecule has 0 N–H and O–H groups in total. The molecule has 3 rings (SSSR count). The highest BCUT2D eigenvalue weighted by Gasteiger charge is 2.21. The van der Waals surface area contributed by atoms with Crippen molar-refractivity contribution < 1.29 is 0 Å². The summed E-state index contributed by atoms with van der Waals surface area (Å²) in [5.74, 6) is 1.87. The average molecular weight is 295 g/mol. The van der Waals surface area contributed by atoms with Crippen molar-refractivity contribution in [3.63, 3.8) is 0 Å². The van der Waals surface area contributed by atoms with Crippen LogP contribution in [0.15, 0.2) is 42.7 Å². The summed E-state index contributed by atoms with van der Waals surface area (Å²) >= 11 is 0. The fourth-order valence-corrected chi connectivity index (χ4v) is 3.44. The normalized spacial score (nSPS) is 18.4. The van der Waals surface area contributed by atoms with E-state index in [1.807, 2.05) is 0 Å². The molecule has 0 amide bonds. The van der Waals surface area contributed by atoms with Gasteiger partial charge in [-0.1, -0.05) is 30.3 Å². The summed E-state index contributed by atoms with van der Waals surface area (Å²) in [4.78, 5) is 11.3. The number of anilines is 1. The van der Waals surface area contributed by atoms with Crippen LogP contribution in [-0.2, 0) is 6.42 Å². The van der Waals surface area contributed by atoms with Crippen molar-refractivity contribution in [2.75, 3.05) is 18.0 Å². The third-order valence-corrected chi connectivity index (χ3v) is 4.59. The van der Waals surface area contributed by atoms with Crippen molar-refractivity contribution in [2.24, 2.45) is 5.92 Å². The van der Waals surface area contributed by atoms with Crippen molar-refractivity contribution in [3.05, 3.63) is 54.0 Å². The molecule has 0 bridgehead atoms. The van der Waals surface area contributed by atoms with E-state index in [0.29, 0.717) is 0 Å². The standard InChI is InChI=1S/C19H25N3/c1-16-19(21-13-12-20-16)22-14-6-11-18(15-22)10-5-9-17-7-3-2-4-8-17/h2-4,7-8,12-13,18H,5-6,9-11,14-15H2,1H3. The highest BCUT2D eigenvalue weighted by molar-refractivity contribution is 5.42. The number of aryl methyl sites for hydroxylation is 2. The van der Waals surface area contributed by atoms with Gasteiger partial charge in [0.15, 0.2) is 0 Å². The Morgan fingerprint density at radius 1 is 1.14 bits per heavy atom. The molecule has 1 atom stereocenters. The Morgan fingerprint density at radius 3 is 2.77 bits per heavy atom. The molecular weight excluding hydrogens is 270 g/mol. The molecule has 116 valence electrons. The fourth-order valence-electron chi connectivity index (χ4n) is 3.44. The Bertz CT molecular complexity index is 582. The van der Waals surface area contributed by atoms with Gasteiger partial charge >= 0.3 is 0 Å². The Balaban J connectivity index is 1.52. The van der Waals surface area contributed by atoms with Crippen LogP contribution >= 0.6 is 0 Å². The van der Waals surface area contributed by atoms with Crippen LogP contribution in [0.1, 0.15) is 36.9 Å². The van der Waals surface area contributed by atoms with Crippen LogP contribution < -0.4 is 4.90 Å². The van der Waals surface area contributed by atoms with Gasteiger partial charge in [0.1, 0.15) is 5.82 Å². The van der Waals surface area contributed by atoms with E-state index < -0.39 is 0 Å². The number of nitrogens with zero attached hydrogens (tertiary/aromatic N) is 3. The lowest BCUT2D eigenvalue weighted by atomic mass is 9.92. The molecule has 1 aromatic carbocycles. The topological polar surface area (TPSA) is 29.0 Å². The zero-order chi connectivity index (χ0) is 15.2. The monoisotopic (exact) mass is 295 g/mol. The van der Waals surface area contributed by atoms with Crippen LogP contribution in [0, 0.1) is 12.8 Å². The van der Waals surface area contributed by atoms with Crippen LogP contribution in [-0.4, -0.2) is 23.1 Å². The summed E-state index contributed by atoms with van der Waals surface area (Å²) < 4.78 is 0. The second-order valence-corrected chi connectivity index (χ2v) is 6.30. The van der Waals surface area contributed by atoms with Gasteiger partial charge in [0.05, 0.1) is 5.69 Å². The molecule has 3 heteroatoms. The van der Waals surface area contributed by atoms with E-state index in [2.05, 4.69) is 52.1 Å². The average Bonchev–Trinajstić information content (AvgIpc) is 2.57. The Hall–Kier alpha value is -1.90. The van der Waals surface area contributed by atoms with E-state index in [9.17, 15) is 0 Å². The summed E-state index contributed by atoms with van der Waals surface area (Å²) in [7, 11) is 0. The lowest BCUT2D eigenvalue weighted by Crippen LogP contribution is -2.36. The predicted octanol–water partition coefficient (Wildman–Crippen LogP) is 4.02. The lowest BCUT2D eigenvalue weighted by molar-refractivity contribution is 0.381. The minimum absolute atomic E-state index is 0.791.